The van der Waals surface area contributed by atoms with Crippen LogP contribution in [-0.4, -0.2) is 38.6 Å². The molecule has 80 valence electrons. The first-order valence-electron chi connectivity index (χ1n) is 4.14. The molecule has 1 aromatic rings. The maximum atomic E-state index is 11.4. The molecule has 0 saturated heterocycles. The number of aromatic amines is 1. The number of sulfonamides is 1. The number of hydrogen-bond acceptors (Lipinski definition) is 4. The van der Waals surface area contributed by atoms with Crippen molar-refractivity contribution in [1.82, 2.24) is 14.7 Å². The predicted octanol–water partition coefficient (Wildman–Crippen LogP) is -0.275. The SMILES string of the molecule is COCCCNS(=O)(=O)c1cnc[nH]1. The molecule has 6 nitrogen and oxygen atoms in total. The summed E-state index contributed by atoms with van der Waals surface area (Å²) in [6.07, 6.45) is 3.23. The minimum Gasteiger partial charge on any atom is -0.385 e. The number of methoxy groups -OCH3 is 1. The monoisotopic (exact) mass is 219 g/mol. The van der Waals surface area contributed by atoms with Crippen LogP contribution in [0.25, 0.3) is 0 Å². The molecule has 0 saturated carbocycles. The molecule has 2 N–H and O–H groups in total. The molecule has 1 heterocycles. The lowest BCUT2D eigenvalue weighted by Crippen LogP contribution is -2.25. The highest BCUT2D eigenvalue weighted by atomic mass is 32.2. The van der Waals surface area contributed by atoms with Gasteiger partial charge in [0.05, 0.1) is 12.5 Å². The van der Waals surface area contributed by atoms with Crippen LogP contribution < -0.4 is 4.72 Å². The summed E-state index contributed by atoms with van der Waals surface area (Å²) in [7, 11) is -1.85. The third kappa shape index (κ3) is 3.09. The fraction of sp³-hybridized carbons (Fsp3) is 0.571. The maximum Gasteiger partial charge on any atom is 0.257 e. The largest absolute Gasteiger partial charge is 0.385 e. The Morgan fingerprint density at radius 1 is 1.64 bits per heavy atom. The van der Waals surface area contributed by atoms with Crippen molar-refractivity contribution in [1.29, 1.82) is 0 Å². The average molecular weight is 219 g/mol. The normalized spacial score (nSPS) is 11.8. The van der Waals surface area contributed by atoms with Crippen molar-refractivity contribution in [3.05, 3.63) is 12.5 Å². The van der Waals surface area contributed by atoms with Gasteiger partial charge in [0.15, 0.2) is 5.03 Å². The Morgan fingerprint density at radius 3 is 3.00 bits per heavy atom. The molecule has 0 aliphatic rings. The summed E-state index contributed by atoms with van der Waals surface area (Å²) in [5.41, 5.74) is 0. The molecule has 1 rings (SSSR count). The number of rotatable bonds is 6. The topological polar surface area (TPSA) is 84.1 Å². The highest BCUT2D eigenvalue weighted by molar-refractivity contribution is 7.89. The lowest BCUT2D eigenvalue weighted by atomic mass is 10.5. The second-order valence-electron chi connectivity index (χ2n) is 2.66. The van der Waals surface area contributed by atoms with Crippen LogP contribution in [-0.2, 0) is 14.8 Å². The second-order valence-corrected chi connectivity index (χ2v) is 4.40. The molecule has 0 spiro atoms. The third-order valence-electron chi connectivity index (χ3n) is 1.58. The van der Waals surface area contributed by atoms with E-state index in [-0.39, 0.29) is 5.03 Å². The van der Waals surface area contributed by atoms with Crippen LogP contribution in [0.3, 0.4) is 0 Å². The molecule has 0 aromatic carbocycles. The van der Waals surface area contributed by atoms with E-state index in [1.807, 2.05) is 0 Å². The highest BCUT2D eigenvalue weighted by Gasteiger charge is 2.13. The Hall–Kier alpha value is -0.920. The molecule has 0 radical (unpaired) electrons. The van der Waals surface area contributed by atoms with Crippen molar-refractivity contribution < 1.29 is 13.2 Å². The van der Waals surface area contributed by atoms with Crippen molar-refractivity contribution in [2.24, 2.45) is 0 Å². The minimum atomic E-state index is -3.42. The molecule has 0 unspecified atom stereocenters. The van der Waals surface area contributed by atoms with E-state index in [9.17, 15) is 8.42 Å². The smallest absolute Gasteiger partial charge is 0.257 e. The number of nitrogens with one attached hydrogen (secondary N) is 2. The molecule has 0 bridgehead atoms. The Labute approximate surface area is 82.7 Å². The van der Waals surface area contributed by atoms with E-state index in [4.69, 9.17) is 4.74 Å². The van der Waals surface area contributed by atoms with Crippen LogP contribution in [0.15, 0.2) is 17.6 Å². The molecule has 0 aliphatic carbocycles. The van der Waals surface area contributed by atoms with Gasteiger partial charge in [-0.25, -0.2) is 18.1 Å². The van der Waals surface area contributed by atoms with Crippen LogP contribution >= 0.6 is 0 Å². The maximum absolute atomic E-state index is 11.4. The Bertz CT molecular complexity index is 346. The predicted molar refractivity (Wildman–Crippen MR) is 50.3 cm³/mol. The lowest BCUT2D eigenvalue weighted by Gasteiger charge is -2.03. The molecular weight excluding hydrogens is 206 g/mol. The molecule has 0 atom stereocenters. The number of aromatic nitrogens is 2. The summed E-state index contributed by atoms with van der Waals surface area (Å²) in [6, 6.07) is 0. The zero-order chi connectivity index (χ0) is 10.4. The van der Waals surface area contributed by atoms with Crippen LogP contribution in [0, 0.1) is 0 Å². The molecule has 0 fully saturated rings. The van der Waals surface area contributed by atoms with Gasteiger partial charge in [-0.15, -0.1) is 0 Å². The number of hydrogen-bond donors (Lipinski definition) is 2. The summed E-state index contributed by atoms with van der Waals surface area (Å²) in [5.74, 6) is 0. The zero-order valence-electron chi connectivity index (χ0n) is 7.86. The van der Waals surface area contributed by atoms with Gasteiger partial charge in [-0.1, -0.05) is 0 Å². The number of H-pyrrole nitrogens is 1. The highest BCUT2D eigenvalue weighted by Crippen LogP contribution is 2.01. The summed E-state index contributed by atoms with van der Waals surface area (Å²) >= 11 is 0. The van der Waals surface area contributed by atoms with Gasteiger partial charge in [0.2, 0.25) is 0 Å². The molecule has 1 aromatic heterocycles. The summed E-state index contributed by atoms with van der Waals surface area (Å²) in [6.45, 7) is 0.890. The Balaban J connectivity index is 2.44. The summed E-state index contributed by atoms with van der Waals surface area (Å²) < 4.78 is 30.1. The number of ether oxygens (including phenoxy) is 1. The molecule has 0 aliphatic heterocycles. The average Bonchev–Trinajstić information content (AvgIpc) is 2.65. The molecular formula is C7H13N3O3S. The minimum absolute atomic E-state index is 0.0786. The van der Waals surface area contributed by atoms with Gasteiger partial charge in [-0.3, -0.25) is 0 Å². The van der Waals surface area contributed by atoms with E-state index in [1.54, 1.807) is 7.11 Å². The van der Waals surface area contributed by atoms with E-state index < -0.39 is 10.0 Å². The fourth-order valence-electron chi connectivity index (χ4n) is 0.891. The fourth-order valence-corrected chi connectivity index (χ4v) is 1.87. The Morgan fingerprint density at radius 2 is 2.43 bits per heavy atom. The van der Waals surface area contributed by atoms with Gasteiger partial charge in [-0.05, 0) is 6.42 Å². The number of imidazole rings is 1. The summed E-state index contributed by atoms with van der Waals surface area (Å²) in [5, 5.41) is 0.0786. The third-order valence-corrected chi connectivity index (χ3v) is 2.97. The van der Waals surface area contributed by atoms with Crippen molar-refractivity contribution in [2.45, 2.75) is 11.4 Å². The van der Waals surface area contributed by atoms with Gasteiger partial charge in [0.25, 0.3) is 10.0 Å². The molecule has 7 heteroatoms. The van der Waals surface area contributed by atoms with Crippen LogP contribution in [0.4, 0.5) is 0 Å². The van der Waals surface area contributed by atoms with E-state index in [0.29, 0.717) is 19.6 Å². The van der Waals surface area contributed by atoms with Crippen molar-refractivity contribution in [3.8, 4) is 0 Å². The van der Waals surface area contributed by atoms with Gasteiger partial charge in [0.1, 0.15) is 0 Å². The first-order valence-corrected chi connectivity index (χ1v) is 5.62. The van der Waals surface area contributed by atoms with E-state index in [0.717, 1.165) is 0 Å². The quantitative estimate of drug-likeness (QED) is 0.645. The van der Waals surface area contributed by atoms with E-state index >= 15 is 0 Å². The molecule has 14 heavy (non-hydrogen) atoms. The standard InChI is InChI=1S/C7H13N3O3S/c1-13-4-2-3-10-14(11,12)7-5-8-6-9-7/h5-6,10H,2-4H2,1H3,(H,8,9). The van der Waals surface area contributed by atoms with Gasteiger partial charge < -0.3 is 9.72 Å². The van der Waals surface area contributed by atoms with Crippen molar-refractivity contribution in [2.75, 3.05) is 20.3 Å². The Kier molecular flexibility index (Phi) is 4.05. The van der Waals surface area contributed by atoms with Crippen LogP contribution in [0.1, 0.15) is 6.42 Å². The van der Waals surface area contributed by atoms with Crippen molar-refractivity contribution in [3.63, 3.8) is 0 Å². The van der Waals surface area contributed by atoms with Gasteiger partial charge >= 0.3 is 0 Å². The lowest BCUT2D eigenvalue weighted by molar-refractivity contribution is 0.196. The second kappa shape index (κ2) is 5.08. The zero-order valence-corrected chi connectivity index (χ0v) is 8.67. The first kappa shape index (κ1) is 11.2. The first-order chi connectivity index (χ1) is 6.67. The van der Waals surface area contributed by atoms with Crippen LogP contribution in [0.5, 0.6) is 0 Å². The van der Waals surface area contributed by atoms with Gasteiger partial charge in [0, 0.05) is 20.3 Å². The van der Waals surface area contributed by atoms with Crippen LogP contribution in [0.2, 0.25) is 0 Å². The van der Waals surface area contributed by atoms with Gasteiger partial charge in [-0.2, -0.15) is 0 Å². The molecule has 0 amide bonds. The van der Waals surface area contributed by atoms with E-state index in [2.05, 4.69) is 14.7 Å². The van der Waals surface area contributed by atoms with E-state index in [1.165, 1.54) is 12.5 Å². The van der Waals surface area contributed by atoms with Crippen molar-refractivity contribution >= 4 is 10.0 Å². The summed E-state index contributed by atoms with van der Waals surface area (Å²) in [4.78, 5) is 6.16. The number of nitrogens with zero attached hydrogens (tertiary/aromatic N) is 1.